The number of nitrogens with one attached hydrogen (secondary N) is 2. The summed E-state index contributed by atoms with van der Waals surface area (Å²) in [5.41, 5.74) is 2.35. The monoisotopic (exact) mass is 258 g/mol. The van der Waals surface area contributed by atoms with E-state index in [4.69, 9.17) is 4.98 Å². The predicted molar refractivity (Wildman–Crippen MR) is 79.7 cm³/mol. The van der Waals surface area contributed by atoms with Gasteiger partial charge in [-0.25, -0.2) is 4.98 Å². The van der Waals surface area contributed by atoms with E-state index in [0.29, 0.717) is 6.04 Å². The number of hydrogen-bond donors (Lipinski definition) is 2. The smallest absolute Gasteiger partial charge is 0.204 e. The van der Waals surface area contributed by atoms with E-state index in [1.165, 1.54) is 18.4 Å². The molecule has 1 fully saturated rings. The fourth-order valence-corrected chi connectivity index (χ4v) is 2.84. The standard InChI is InChI=1S/C15H22N4/c1-2-9-17-15-18-13-5-3-4-6-14(13)19(15)12-7-10-16-11-8-12/h3-6,12,16H,2,7-11H2,1H3,(H,17,18). The zero-order valence-corrected chi connectivity index (χ0v) is 11.5. The van der Waals surface area contributed by atoms with E-state index in [-0.39, 0.29) is 0 Å². The van der Waals surface area contributed by atoms with E-state index < -0.39 is 0 Å². The Morgan fingerprint density at radius 2 is 2.11 bits per heavy atom. The number of rotatable bonds is 4. The highest BCUT2D eigenvalue weighted by atomic mass is 15.2. The highest BCUT2D eigenvalue weighted by Crippen LogP contribution is 2.29. The summed E-state index contributed by atoms with van der Waals surface area (Å²) in [6.45, 7) is 5.37. The first-order valence-electron chi connectivity index (χ1n) is 7.31. The van der Waals surface area contributed by atoms with Crippen LogP contribution in [0.2, 0.25) is 0 Å². The van der Waals surface area contributed by atoms with Crippen LogP contribution < -0.4 is 10.6 Å². The molecule has 1 saturated heterocycles. The molecule has 2 aromatic rings. The van der Waals surface area contributed by atoms with Gasteiger partial charge in [-0.1, -0.05) is 19.1 Å². The molecule has 1 aliphatic heterocycles. The van der Waals surface area contributed by atoms with Crippen LogP contribution in [0.5, 0.6) is 0 Å². The Hall–Kier alpha value is -1.55. The van der Waals surface area contributed by atoms with Gasteiger partial charge in [0, 0.05) is 12.6 Å². The molecule has 2 N–H and O–H groups in total. The van der Waals surface area contributed by atoms with Gasteiger partial charge < -0.3 is 15.2 Å². The fraction of sp³-hybridized carbons (Fsp3) is 0.533. The third kappa shape index (κ3) is 2.45. The molecule has 0 spiro atoms. The van der Waals surface area contributed by atoms with Gasteiger partial charge in [0.15, 0.2) is 0 Å². The van der Waals surface area contributed by atoms with Crippen LogP contribution in [-0.4, -0.2) is 29.2 Å². The van der Waals surface area contributed by atoms with Crippen LogP contribution in [0.4, 0.5) is 5.95 Å². The second-order valence-corrected chi connectivity index (χ2v) is 5.20. The Kier molecular flexibility index (Phi) is 3.69. The average Bonchev–Trinajstić information content (AvgIpc) is 2.84. The van der Waals surface area contributed by atoms with Gasteiger partial charge in [0.25, 0.3) is 0 Å². The highest BCUT2D eigenvalue weighted by molar-refractivity contribution is 5.78. The van der Waals surface area contributed by atoms with Crippen LogP contribution in [-0.2, 0) is 0 Å². The van der Waals surface area contributed by atoms with Crippen molar-refractivity contribution in [2.45, 2.75) is 32.2 Å². The van der Waals surface area contributed by atoms with Gasteiger partial charge in [0.2, 0.25) is 5.95 Å². The molecule has 1 aromatic carbocycles. The topological polar surface area (TPSA) is 41.9 Å². The molecule has 1 aromatic heterocycles. The van der Waals surface area contributed by atoms with E-state index in [1.807, 2.05) is 0 Å². The van der Waals surface area contributed by atoms with Crippen molar-refractivity contribution in [2.24, 2.45) is 0 Å². The molecule has 102 valence electrons. The lowest BCUT2D eigenvalue weighted by molar-refractivity contribution is 0.377. The summed E-state index contributed by atoms with van der Waals surface area (Å²) < 4.78 is 2.41. The first-order valence-corrected chi connectivity index (χ1v) is 7.31. The Morgan fingerprint density at radius 3 is 2.89 bits per heavy atom. The first kappa shape index (κ1) is 12.5. The summed E-state index contributed by atoms with van der Waals surface area (Å²) in [4.78, 5) is 4.76. The number of para-hydroxylation sites is 2. The van der Waals surface area contributed by atoms with Crippen molar-refractivity contribution in [3.63, 3.8) is 0 Å². The van der Waals surface area contributed by atoms with Crippen LogP contribution in [0, 0.1) is 0 Å². The molecule has 0 bridgehead atoms. The van der Waals surface area contributed by atoms with Gasteiger partial charge in [-0.3, -0.25) is 0 Å². The Labute approximate surface area is 114 Å². The number of piperidine rings is 1. The highest BCUT2D eigenvalue weighted by Gasteiger charge is 2.20. The fourth-order valence-electron chi connectivity index (χ4n) is 2.84. The second kappa shape index (κ2) is 5.61. The maximum atomic E-state index is 4.76. The second-order valence-electron chi connectivity index (χ2n) is 5.20. The third-order valence-electron chi connectivity index (χ3n) is 3.80. The molecule has 4 heteroatoms. The summed E-state index contributed by atoms with van der Waals surface area (Å²) >= 11 is 0. The third-order valence-corrected chi connectivity index (χ3v) is 3.80. The molecule has 19 heavy (non-hydrogen) atoms. The SMILES string of the molecule is CCCNc1nc2ccccc2n1C1CCNCC1. The maximum absolute atomic E-state index is 4.76. The molecule has 0 aliphatic carbocycles. The summed E-state index contributed by atoms with van der Waals surface area (Å²) in [5, 5.41) is 6.91. The lowest BCUT2D eigenvalue weighted by Crippen LogP contribution is -2.30. The lowest BCUT2D eigenvalue weighted by Gasteiger charge is -2.26. The number of benzene rings is 1. The van der Waals surface area contributed by atoms with Crippen molar-refractivity contribution in [2.75, 3.05) is 25.0 Å². The van der Waals surface area contributed by atoms with Crippen molar-refractivity contribution < 1.29 is 0 Å². The number of imidazole rings is 1. The van der Waals surface area contributed by atoms with Crippen LogP contribution in [0.1, 0.15) is 32.2 Å². The lowest BCUT2D eigenvalue weighted by atomic mass is 10.1. The van der Waals surface area contributed by atoms with Crippen LogP contribution >= 0.6 is 0 Å². The molecule has 1 aliphatic rings. The van der Waals surface area contributed by atoms with E-state index in [1.54, 1.807) is 0 Å². The normalized spacial score (nSPS) is 16.9. The molecule has 2 heterocycles. The van der Waals surface area contributed by atoms with E-state index >= 15 is 0 Å². The number of anilines is 1. The van der Waals surface area contributed by atoms with Gasteiger partial charge >= 0.3 is 0 Å². The van der Waals surface area contributed by atoms with Gasteiger partial charge in [0.05, 0.1) is 11.0 Å². The van der Waals surface area contributed by atoms with Crippen molar-refractivity contribution >= 4 is 17.0 Å². The van der Waals surface area contributed by atoms with Crippen LogP contribution in [0.3, 0.4) is 0 Å². The molecule has 0 amide bonds. The number of fused-ring (bicyclic) bond motifs is 1. The summed E-state index contributed by atoms with van der Waals surface area (Å²) in [7, 11) is 0. The van der Waals surface area contributed by atoms with E-state index in [2.05, 4.69) is 46.4 Å². The maximum Gasteiger partial charge on any atom is 0.204 e. The van der Waals surface area contributed by atoms with Crippen molar-refractivity contribution in [3.05, 3.63) is 24.3 Å². The Morgan fingerprint density at radius 1 is 1.32 bits per heavy atom. The molecule has 0 radical (unpaired) electrons. The molecule has 4 nitrogen and oxygen atoms in total. The van der Waals surface area contributed by atoms with Crippen molar-refractivity contribution in [1.29, 1.82) is 0 Å². The van der Waals surface area contributed by atoms with Crippen LogP contribution in [0.15, 0.2) is 24.3 Å². The minimum absolute atomic E-state index is 0.563. The van der Waals surface area contributed by atoms with Gasteiger partial charge in [0.1, 0.15) is 0 Å². The molecule has 3 rings (SSSR count). The Balaban J connectivity index is 2.01. The predicted octanol–water partition coefficient (Wildman–Crippen LogP) is 2.78. The van der Waals surface area contributed by atoms with Gasteiger partial charge in [-0.05, 0) is 44.5 Å². The number of aromatic nitrogens is 2. The molecular weight excluding hydrogens is 236 g/mol. The van der Waals surface area contributed by atoms with Crippen LogP contribution in [0.25, 0.3) is 11.0 Å². The number of nitrogens with zero attached hydrogens (tertiary/aromatic N) is 2. The minimum Gasteiger partial charge on any atom is -0.356 e. The van der Waals surface area contributed by atoms with Gasteiger partial charge in [-0.2, -0.15) is 0 Å². The van der Waals surface area contributed by atoms with E-state index in [0.717, 1.165) is 37.5 Å². The molecule has 0 atom stereocenters. The number of hydrogen-bond acceptors (Lipinski definition) is 3. The average molecular weight is 258 g/mol. The summed E-state index contributed by atoms with van der Waals surface area (Å²) in [5.74, 6) is 1.04. The largest absolute Gasteiger partial charge is 0.356 e. The van der Waals surface area contributed by atoms with Crippen molar-refractivity contribution in [3.8, 4) is 0 Å². The Bertz CT molecular complexity index is 540. The summed E-state index contributed by atoms with van der Waals surface area (Å²) in [6, 6.07) is 9.01. The quantitative estimate of drug-likeness (QED) is 0.886. The van der Waals surface area contributed by atoms with Gasteiger partial charge in [-0.15, -0.1) is 0 Å². The zero-order chi connectivity index (χ0) is 13.1. The zero-order valence-electron chi connectivity index (χ0n) is 11.5. The molecule has 0 unspecified atom stereocenters. The van der Waals surface area contributed by atoms with Crippen molar-refractivity contribution in [1.82, 2.24) is 14.9 Å². The minimum atomic E-state index is 0.563. The summed E-state index contributed by atoms with van der Waals surface area (Å²) in [6.07, 6.45) is 3.48. The van der Waals surface area contributed by atoms with E-state index in [9.17, 15) is 0 Å². The molecular formula is C15H22N4. The molecule has 0 saturated carbocycles. The first-order chi connectivity index (χ1) is 9.40.